The van der Waals surface area contributed by atoms with Crippen molar-refractivity contribution in [2.45, 2.75) is 83.3 Å². The summed E-state index contributed by atoms with van der Waals surface area (Å²) >= 11 is 0. The monoisotopic (exact) mass is 503 g/mol. The highest BCUT2D eigenvalue weighted by atomic mass is 32.2. The number of carbonyl (C=O) groups is 1. The number of esters is 1. The first kappa shape index (κ1) is 26.8. The third-order valence-electron chi connectivity index (χ3n) is 6.32. The minimum absolute atomic E-state index is 0.0579. The summed E-state index contributed by atoms with van der Waals surface area (Å²) in [5.74, 6) is -0.951. The molecule has 0 fully saturated rings. The number of benzene rings is 1. The molecule has 3 rings (SSSR count). The molecule has 0 bridgehead atoms. The number of rotatable bonds is 9. The van der Waals surface area contributed by atoms with Gasteiger partial charge in [0.05, 0.1) is 11.9 Å². The van der Waals surface area contributed by atoms with Crippen molar-refractivity contribution in [2.24, 2.45) is 12.5 Å². The smallest absolute Gasteiger partial charge is 0.338 e. The summed E-state index contributed by atoms with van der Waals surface area (Å²) in [6.45, 7) is 10.0. The molecule has 0 saturated heterocycles. The zero-order valence-corrected chi connectivity index (χ0v) is 22.3. The lowest BCUT2D eigenvalue weighted by atomic mass is 9.70. The molecule has 35 heavy (non-hydrogen) atoms. The molecule has 1 atom stereocenters. The second-order valence-corrected chi connectivity index (χ2v) is 12.1. The van der Waals surface area contributed by atoms with Gasteiger partial charge in [0, 0.05) is 31.3 Å². The van der Waals surface area contributed by atoms with Gasteiger partial charge in [-0.05, 0) is 36.0 Å². The number of anilines is 1. The molecule has 0 unspecified atom stereocenters. The van der Waals surface area contributed by atoms with E-state index in [1.54, 1.807) is 29.8 Å². The Morgan fingerprint density at radius 2 is 1.89 bits per heavy atom. The van der Waals surface area contributed by atoms with Crippen LogP contribution in [0, 0.1) is 5.41 Å². The van der Waals surface area contributed by atoms with Gasteiger partial charge in [0.2, 0.25) is 0 Å². The molecule has 2 N–H and O–H groups in total. The highest BCUT2D eigenvalue weighted by Crippen LogP contribution is 2.47. The number of cyclic esters (lactones) is 1. The Morgan fingerprint density at radius 1 is 1.23 bits per heavy atom. The molecule has 8 nitrogen and oxygen atoms in total. The van der Waals surface area contributed by atoms with Crippen LogP contribution in [0.4, 0.5) is 5.69 Å². The van der Waals surface area contributed by atoms with Gasteiger partial charge in [0.15, 0.2) is 5.03 Å². The maximum atomic E-state index is 13.4. The molecular weight excluding hydrogens is 466 g/mol. The molecule has 9 heteroatoms. The first-order valence-electron chi connectivity index (χ1n) is 12.1. The Morgan fingerprint density at radius 3 is 2.40 bits per heavy atom. The molecule has 0 saturated carbocycles. The highest BCUT2D eigenvalue weighted by molar-refractivity contribution is 7.92. The number of sulfonamides is 1. The van der Waals surface area contributed by atoms with Crippen LogP contribution >= 0.6 is 0 Å². The van der Waals surface area contributed by atoms with E-state index in [9.17, 15) is 18.3 Å². The molecule has 0 amide bonds. The van der Waals surface area contributed by atoms with Crippen molar-refractivity contribution in [3.63, 3.8) is 0 Å². The van der Waals surface area contributed by atoms with Crippen LogP contribution in [0.3, 0.4) is 0 Å². The first-order valence-corrected chi connectivity index (χ1v) is 13.6. The van der Waals surface area contributed by atoms with Gasteiger partial charge in [-0.25, -0.2) is 9.78 Å². The fraction of sp³-hybridized carbons (Fsp3) is 0.538. The maximum absolute atomic E-state index is 13.4. The summed E-state index contributed by atoms with van der Waals surface area (Å²) in [4.78, 5) is 17.3. The Kier molecular flexibility index (Phi) is 7.69. The van der Waals surface area contributed by atoms with Gasteiger partial charge in [0.1, 0.15) is 11.4 Å². The third kappa shape index (κ3) is 5.89. The number of hydrogen-bond donors (Lipinski definition) is 2. The predicted molar refractivity (Wildman–Crippen MR) is 136 cm³/mol. The Bertz CT molecular complexity index is 1200. The fourth-order valence-corrected chi connectivity index (χ4v) is 6.05. The highest BCUT2D eigenvalue weighted by Gasteiger charge is 2.45. The maximum Gasteiger partial charge on any atom is 0.338 e. The Labute approximate surface area is 208 Å². The van der Waals surface area contributed by atoms with Crippen LogP contribution in [0.5, 0.6) is 0 Å². The average molecular weight is 504 g/mol. The molecule has 1 aromatic carbocycles. The summed E-state index contributed by atoms with van der Waals surface area (Å²) in [7, 11) is -2.19. The van der Waals surface area contributed by atoms with E-state index in [0.29, 0.717) is 24.1 Å². The van der Waals surface area contributed by atoms with Crippen molar-refractivity contribution >= 4 is 21.7 Å². The summed E-state index contributed by atoms with van der Waals surface area (Å²) in [6, 6.07) is 6.91. The molecule has 1 aromatic heterocycles. The normalized spacial score (nSPS) is 17.3. The van der Waals surface area contributed by atoms with Gasteiger partial charge in [-0.3, -0.25) is 4.72 Å². The van der Waals surface area contributed by atoms with Crippen LogP contribution in [-0.4, -0.2) is 34.6 Å². The quantitative estimate of drug-likeness (QED) is 0.440. The molecule has 1 aliphatic rings. The number of nitrogens with zero attached hydrogens (tertiary/aromatic N) is 2. The molecular formula is C26H37N3O5S. The van der Waals surface area contributed by atoms with Gasteiger partial charge >= 0.3 is 5.97 Å². The molecule has 2 heterocycles. The molecule has 0 spiro atoms. The van der Waals surface area contributed by atoms with E-state index in [1.807, 2.05) is 40.7 Å². The van der Waals surface area contributed by atoms with Crippen LogP contribution in [0.25, 0.3) is 0 Å². The second-order valence-electron chi connectivity index (χ2n) is 10.5. The van der Waals surface area contributed by atoms with Gasteiger partial charge < -0.3 is 14.4 Å². The van der Waals surface area contributed by atoms with E-state index in [-0.39, 0.29) is 22.8 Å². The van der Waals surface area contributed by atoms with Crippen LogP contribution in [0.2, 0.25) is 0 Å². The Hall–Kier alpha value is -2.81. The van der Waals surface area contributed by atoms with Gasteiger partial charge in [0.25, 0.3) is 10.0 Å². The van der Waals surface area contributed by atoms with Crippen LogP contribution < -0.4 is 4.72 Å². The SMILES string of the molecule is CCCC1(CCC)CC(O)=C([C@@H](c2cccc(NS(=O)(=O)c3cn(C)cn3)c2)C(C)(C)C)C(=O)O1. The van der Waals surface area contributed by atoms with Crippen molar-refractivity contribution in [3.8, 4) is 0 Å². The van der Waals surface area contributed by atoms with E-state index in [2.05, 4.69) is 9.71 Å². The summed E-state index contributed by atoms with van der Waals surface area (Å²) < 4.78 is 35.7. The number of aliphatic hydroxyl groups is 1. The fourth-order valence-electron chi connectivity index (χ4n) is 5.02. The van der Waals surface area contributed by atoms with Gasteiger partial charge in [-0.15, -0.1) is 0 Å². The van der Waals surface area contributed by atoms with E-state index >= 15 is 0 Å². The lowest BCUT2D eigenvalue weighted by Gasteiger charge is -2.41. The molecule has 0 aliphatic carbocycles. The number of nitrogens with one attached hydrogen (secondary N) is 1. The average Bonchev–Trinajstić information content (AvgIpc) is 3.17. The van der Waals surface area contributed by atoms with Crippen molar-refractivity contribution in [1.82, 2.24) is 9.55 Å². The largest absolute Gasteiger partial charge is 0.512 e. The van der Waals surface area contributed by atoms with Crippen LogP contribution in [-0.2, 0) is 26.6 Å². The number of hydrogen-bond acceptors (Lipinski definition) is 6. The number of aliphatic hydroxyl groups excluding tert-OH is 1. The van der Waals surface area contributed by atoms with Crippen molar-refractivity contribution in [1.29, 1.82) is 0 Å². The number of carbonyl (C=O) groups excluding carboxylic acids is 1. The molecule has 192 valence electrons. The number of aromatic nitrogens is 2. The number of aryl methyl sites for hydroxylation is 1. The minimum atomic E-state index is -3.88. The van der Waals surface area contributed by atoms with E-state index in [1.165, 1.54) is 12.5 Å². The molecule has 2 aromatic rings. The summed E-state index contributed by atoms with van der Waals surface area (Å²) in [5, 5.41) is 11.1. The predicted octanol–water partition coefficient (Wildman–Crippen LogP) is 5.45. The molecule has 0 radical (unpaired) electrons. The summed E-state index contributed by atoms with van der Waals surface area (Å²) in [5.41, 5.74) is 0.145. The first-order chi connectivity index (χ1) is 16.3. The topological polar surface area (TPSA) is 111 Å². The lowest BCUT2D eigenvalue weighted by molar-refractivity contribution is -0.161. The van der Waals surface area contributed by atoms with Gasteiger partial charge in [-0.1, -0.05) is 59.6 Å². The lowest BCUT2D eigenvalue weighted by Crippen LogP contribution is -2.42. The summed E-state index contributed by atoms with van der Waals surface area (Å²) in [6.07, 6.45) is 6.19. The van der Waals surface area contributed by atoms with Crippen molar-refractivity contribution < 1.29 is 23.1 Å². The Balaban J connectivity index is 2.02. The standard InChI is InChI=1S/C26H37N3O5S/c1-7-12-26(13-8-2)15-20(30)22(24(31)34-26)23(25(3,4)5)18-10-9-11-19(14-18)28-35(32,33)21-16-29(6)17-27-21/h9-11,14,16-17,23,28,30H,7-8,12-13,15H2,1-6H3/t23-/m1/s1. The zero-order chi connectivity index (χ0) is 26.0. The number of imidazole rings is 1. The van der Waals surface area contributed by atoms with Crippen LogP contribution in [0.1, 0.15) is 78.2 Å². The van der Waals surface area contributed by atoms with E-state index < -0.39 is 32.9 Å². The van der Waals surface area contributed by atoms with Crippen LogP contribution in [0.15, 0.2) is 53.1 Å². The zero-order valence-electron chi connectivity index (χ0n) is 21.5. The minimum Gasteiger partial charge on any atom is -0.512 e. The van der Waals surface area contributed by atoms with Crippen molar-refractivity contribution in [3.05, 3.63) is 53.7 Å². The third-order valence-corrected chi connectivity index (χ3v) is 7.59. The van der Waals surface area contributed by atoms with E-state index in [4.69, 9.17) is 4.74 Å². The number of ether oxygens (including phenoxy) is 1. The van der Waals surface area contributed by atoms with Crippen molar-refractivity contribution in [2.75, 3.05) is 4.72 Å². The van der Waals surface area contributed by atoms with E-state index in [0.717, 1.165) is 12.8 Å². The van der Waals surface area contributed by atoms with Gasteiger partial charge in [-0.2, -0.15) is 8.42 Å². The molecule has 1 aliphatic heterocycles. The second kappa shape index (κ2) is 10.0.